The minimum atomic E-state index is 0.122. The van der Waals surface area contributed by atoms with E-state index in [4.69, 9.17) is 4.52 Å². The van der Waals surface area contributed by atoms with E-state index in [0.717, 1.165) is 47.3 Å². The molecule has 1 saturated heterocycles. The van der Waals surface area contributed by atoms with Crippen LogP contribution in [0.3, 0.4) is 0 Å². The Hall–Kier alpha value is -2.66. The first kappa shape index (κ1) is 17.7. The molecule has 1 aromatic heterocycles. The third-order valence-corrected chi connectivity index (χ3v) is 5.35. The minimum Gasteiger partial charge on any atom is -0.359 e. The summed E-state index contributed by atoms with van der Waals surface area (Å²) in [6.45, 7) is 5.90. The number of hydrogen-bond donors (Lipinski definition) is 0. The van der Waals surface area contributed by atoms with E-state index in [1.807, 2.05) is 49.1 Å². The molecule has 0 N–H and O–H groups in total. The van der Waals surface area contributed by atoms with Gasteiger partial charge in [-0.25, -0.2) is 0 Å². The molecule has 1 aliphatic heterocycles. The number of likely N-dealkylation sites (N-methyl/N-ethyl adjacent to an activating group) is 1. The van der Waals surface area contributed by atoms with Crippen LogP contribution in [0.2, 0.25) is 0 Å². The summed E-state index contributed by atoms with van der Waals surface area (Å²) < 4.78 is 5.47. The number of carbonyl (C=O) groups excluding carboxylic acids is 1. The maximum atomic E-state index is 13.2. The molecular formula is C22H25N3O2. The summed E-state index contributed by atoms with van der Waals surface area (Å²) in [5.74, 6) is 0.989. The zero-order valence-corrected chi connectivity index (χ0v) is 15.9. The lowest BCUT2D eigenvalue weighted by molar-refractivity contribution is -0.120. The molecule has 5 heteroatoms. The molecule has 27 heavy (non-hydrogen) atoms. The Morgan fingerprint density at radius 2 is 2.07 bits per heavy atom. The van der Waals surface area contributed by atoms with Gasteiger partial charge in [-0.1, -0.05) is 41.6 Å². The van der Waals surface area contributed by atoms with Crippen molar-refractivity contribution in [3.63, 3.8) is 0 Å². The molecule has 3 aromatic rings. The summed E-state index contributed by atoms with van der Waals surface area (Å²) >= 11 is 0. The number of hydrogen-bond acceptors (Lipinski definition) is 4. The first-order chi connectivity index (χ1) is 13.2. The van der Waals surface area contributed by atoms with Gasteiger partial charge in [0.05, 0.1) is 24.0 Å². The predicted molar refractivity (Wildman–Crippen MR) is 107 cm³/mol. The van der Waals surface area contributed by atoms with Crippen LogP contribution in [-0.4, -0.2) is 35.6 Å². The van der Waals surface area contributed by atoms with Gasteiger partial charge in [0.1, 0.15) is 0 Å². The van der Waals surface area contributed by atoms with Gasteiger partial charge in [0, 0.05) is 18.0 Å². The second-order valence-electron chi connectivity index (χ2n) is 7.14. The molecule has 2 heterocycles. The molecule has 2 aromatic carbocycles. The number of aromatic nitrogens is 1. The second kappa shape index (κ2) is 7.53. The van der Waals surface area contributed by atoms with Crippen molar-refractivity contribution in [1.29, 1.82) is 0 Å². The molecule has 1 unspecified atom stereocenters. The Labute approximate surface area is 159 Å². The summed E-state index contributed by atoms with van der Waals surface area (Å²) in [4.78, 5) is 17.3. The molecule has 4 rings (SSSR count). The standard InChI is InChI=1S/C22H25N3O2/c1-3-25(19-11-6-9-17-8-4-5-10-18(17)19)22(26)15-24-13-7-12-20(24)21-14-16(2)23-27-21/h4-6,8-11,14,20H,3,7,12-13,15H2,1-2H3. The first-order valence-corrected chi connectivity index (χ1v) is 9.62. The van der Waals surface area contributed by atoms with Gasteiger partial charge in [0.25, 0.3) is 0 Å². The number of likely N-dealkylation sites (tertiary alicyclic amines) is 1. The second-order valence-corrected chi connectivity index (χ2v) is 7.14. The number of aryl methyl sites for hydroxylation is 1. The van der Waals surface area contributed by atoms with Crippen molar-refractivity contribution >= 4 is 22.4 Å². The highest BCUT2D eigenvalue weighted by atomic mass is 16.5. The largest absolute Gasteiger partial charge is 0.359 e. The van der Waals surface area contributed by atoms with Gasteiger partial charge < -0.3 is 9.42 Å². The molecule has 1 atom stereocenters. The van der Waals surface area contributed by atoms with Gasteiger partial charge >= 0.3 is 0 Å². The van der Waals surface area contributed by atoms with Crippen molar-refractivity contribution in [2.24, 2.45) is 0 Å². The van der Waals surface area contributed by atoms with E-state index in [-0.39, 0.29) is 11.9 Å². The van der Waals surface area contributed by atoms with Crippen molar-refractivity contribution in [3.05, 3.63) is 60.0 Å². The predicted octanol–water partition coefficient (Wildman–Crippen LogP) is 4.33. The smallest absolute Gasteiger partial charge is 0.241 e. The number of fused-ring (bicyclic) bond motifs is 1. The van der Waals surface area contributed by atoms with Crippen LogP contribution in [0.4, 0.5) is 5.69 Å². The fourth-order valence-electron chi connectivity index (χ4n) is 4.06. The molecule has 1 fully saturated rings. The Bertz CT molecular complexity index is 944. The van der Waals surface area contributed by atoms with E-state index in [0.29, 0.717) is 13.1 Å². The minimum absolute atomic E-state index is 0.122. The Morgan fingerprint density at radius 1 is 1.26 bits per heavy atom. The lowest BCUT2D eigenvalue weighted by Crippen LogP contribution is -2.40. The van der Waals surface area contributed by atoms with Crippen molar-refractivity contribution in [1.82, 2.24) is 10.1 Å². The molecule has 5 nitrogen and oxygen atoms in total. The van der Waals surface area contributed by atoms with Crippen LogP contribution in [0.1, 0.15) is 37.3 Å². The summed E-state index contributed by atoms with van der Waals surface area (Å²) in [5, 5.41) is 6.27. The van der Waals surface area contributed by atoms with Crippen molar-refractivity contribution in [2.75, 3.05) is 24.5 Å². The molecule has 0 radical (unpaired) electrons. The van der Waals surface area contributed by atoms with Crippen molar-refractivity contribution < 1.29 is 9.32 Å². The van der Waals surface area contributed by atoms with Gasteiger partial charge in [-0.05, 0) is 44.7 Å². The fourth-order valence-corrected chi connectivity index (χ4v) is 4.06. The van der Waals surface area contributed by atoms with Crippen LogP contribution >= 0.6 is 0 Å². The summed E-state index contributed by atoms with van der Waals surface area (Å²) in [6.07, 6.45) is 2.07. The van der Waals surface area contributed by atoms with E-state index >= 15 is 0 Å². The molecule has 1 amide bonds. The first-order valence-electron chi connectivity index (χ1n) is 9.62. The normalized spacial score (nSPS) is 17.5. The van der Waals surface area contributed by atoms with Gasteiger partial charge in [-0.2, -0.15) is 0 Å². The summed E-state index contributed by atoms with van der Waals surface area (Å²) in [7, 11) is 0. The van der Waals surface area contributed by atoms with E-state index in [9.17, 15) is 4.79 Å². The molecular weight excluding hydrogens is 338 g/mol. The van der Waals surface area contributed by atoms with Crippen LogP contribution < -0.4 is 4.90 Å². The molecule has 0 saturated carbocycles. The number of amides is 1. The quantitative estimate of drug-likeness (QED) is 0.677. The van der Waals surface area contributed by atoms with E-state index in [2.05, 4.69) is 28.3 Å². The zero-order valence-electron chi connectivity index (χ0n) is 15.9. The highest BCUT2D eigenvalue weighted by Crippen LogP contribution is 2.33. The molecule has 0 bridgehead atoms. The lowest BCUT2D eigenvalue weighted by atomic mass is 10.1. The Balaban J connectivity index is 1.57. The van der Waals surface area contributed by atoms with Gasteiger partial charge in [0.15, 0.2) is 5.76 Å². The SMILES string of the molecule is CCN(C(=O)CN1CCCC1c1cc(C)no1)c1cccc2ccccc12. The van der Waals surface area contributed by atoms with Crippen LogP contribution in [0, 0.1) is 6.92 Å². The van der Waals surface area contributed by atoms with Gasteiger partial charge in [0.2, 0.25) is 5.91 Å². The number of rotatable bonds is 5. The van der Waals surface area contributed by atoms with E-state index < -0.39 is 0 Å². The zero-order chi connectivity index (χ0) is 18.8. The molecule has 140 valence electrons. The van der Waals surface area contributed by atoms with Gasteiger partial charge in [-0.15, -0.1) is 0 Å². The number of anilines is 1. The lowest BCUT2D eigenvalue weighted by Gasteiger charge is -2.27. The highest BCUT2D eigenvalue weighted by Gasteiger charge is 2.31. The number of carbonyl (C=O) groups is 1. The van der Waals surface area contributed by atoms with Crippen LogP contribution in [0.25, 0.3) is 10.8 Å². The van der Waals surface area contributed by atoms with Crippen LogP contribution in [-0.2, 0) is 4.79 Å². The number of nitrogens with zero attached hydrogens (tertiary/aromatic N) is 3. The molecule has 1 aliphatic rings. The molecule has 0 aliphatic carbocycles. The average Bonchev–Trinajstić information content (AvgIpc) is 3.31. The van der Waals surface area contributed by atoms with Crippen molar-refractivity contribution in [3.8, 4) is 0 Å². The average molecular weight is 363 g/mol. The maximum Gasteiger partial charge on any atom is 0.241 e. The summed E-state index contributed by atoms with van der Waals surface area (Å²) in [6, 6.07) is 16.5. The Kier molecular flexibility index (Phi) is 4.94. The maximum absolute atomic E-state index is 13.2. The Morgan fingerprint density at radius 3 is 2.85 bits per heavy atom. The van der Waals surface area contributed by atoms with Gasteiger partial charge in [-0.3, -0.25) is 9.69 Å². The topological polar surface area (TPSA) is 49.6 Å². The fraction of sp³-hybridized carbons (Fsp3) is 0.364. The van der Waals surface area contributed by atoms with Crippen LogP contribution in [0.5, 0.6) is 0 Å². The van der Waals surface area contributed by atoms with E-state index in [1.165, 1.54) is 0 Å². The summed E-state index contributed by atoms with van der Waals surface area (Å²) in [5.41, 5.74) is 1.86. The monoisotopic (exact) mass is 363 g/mol. The van der Waals surface area contributed by atoms with E-state index in [1.54, 1.807) is 0 Å². The van der Waals surface area contributed by atoms with Crippen LogP contribution in [0.15, 0.2) is 53.1 Å². The highest BCUT2D eigenvalue weighted by molar-refractivity contribution is 6.04. The third kappa shape index (κ3) is 3.47. The van der Waals surface area contributed by atoms with Crippen molar-refractivity contribution in [2.45, 2.75) is 32.7 Å². The third-order valence-electron chi connectivity index (χ3n) is 5.35. The molecule has 0 spiro atoms. The number of benzene rings is 2.